The molecule has 0 atom stereocenters. The number of hydrogen-bond acceptors (Lipinski definition) is 2. The van der Waals surface area contributed by atoms with Crippen molar-refractivity contribution in [2.75, 3.05) is 7.11 Å². The van der Waals surface area contributed by atoms with Gasteiger partial charge >= 0.3 is 0 Å². The highest BCUT2D eigenvalue weighted by molar-refractivity contribution is 5.69. The predicted octanol–water partition coefficient (Wildman–Crippen LogP) is 3.01. The van der Waals surface area contributed by atoms with Crippen molar-refractivity contribution in [1.29, 1.82) is 0 Å². The molecule has 1 aromatic carbocycles. The van der Waals surface area contributed by atoms with Crippen LogP contribution in [0.25, 0.3) is 16.9 Å². The number of fused-ring (bicyclic) bond motifs is 1. The maximum atomic E-state index is 5.45. The van der Waals surface area contributed by atoms with E-state index in [4.69, 9.17) is 4.74 Å². The number of benzene rings is 1. The highest BCUT2D eigenvalue weighted by Crippen LogP contribution is 2.29. The maximum absolute atomic E-state index is 5.45. The van der Waals surface area contributed by atoms with Crippen molar-refractivity contribution in [3.05, 3.63) is 54.7 Å². The van der Waals surface area contributed by atoms with Gasteiger partial charge in [-0.3, -0.25) is 4.40 Å². The molecule has 3 heteroatoms. The van der Waals surface area contributed by atoms with E-state index in [1.807, 2.05) is 59.1 Å². The summed E-state index contributed by atoms with van der Waals surface area (Å²) in [5.41, 5.74) is 2.83. The molecular weight excluding hydrogens is 212 g/mol. The normalized spacial score (nSPS) is 10.6. The fourth-order valence-corrected chi connectivity index (χ4v) is 1.95. The van der Waals surface area contributed by atoms with Gasteiger partial charge in [-0.1, -0.05) is 36.4 Å². The van der Waals surface area contributed by atoms with Crippen LogP contribution in [0.3, 0.4) is 0 Å². The molecular formula is C14H12N2O. The fraction of sp³-hybridized carbons (Fsp3) is 0.0714. The highest BCUT2D eigenvalue weighted by atomic mass is 16.5. The van der Waals surface area contributed by atoms with Gasteiger partial charge in [-0.15, -0.1) is 0 Å². The zero-order chi connectivity index (χ0) is 11.7. The van der Waals surface area contributed by atoms with Gasteiger partial charge < -0.3 is 4.74 Å². The highest BCUT2D eigenvalue weighted by Gasteiger charge is 2.13. The SMILES string of the molecule is COc1c(-c2ccccc2)nc2ccccn12. The molecule has 0 saturated heterocycles. The molecule has 3 aromatic rings. The van der Waals surface area contributed by atoms with E-state index in [0.29, 0.717) is 0 Å². The zero-order valence-corrected chi connectivity index (χ0v) is 9.50. The number of pyridine rings is 1. The standard InChI is InChI=1S/C14H12N2O/c1-17-14-13(11-7-3-2-4-8-11)15-12-9-5-6-10-16(12)14/h2-10H,1H3. The van der Waals surface area contributed by atoms with E-state index >= 15 is 0 Å². The molecule has 0 bridgehead atoms. The molecule has 0 saturated carbocycles. The summed E-state index contributed by atoms with van der Waals surface area (Å²) in [5.74, 6) is 0.770. The van der Waals surface area contributed by atoms with Crippen LogP contribution < -0.4 is 4.74 Å². The number of methoxy groups -OCH3 is 1. The van der Waals surface area contributed by atoms with Gasteiger partial charge in [0, 0.05) is 11.8 Å². The van der Waals surface area contributed by atoms with E-state index in [-0.39, 0.29) is 0 Å². The molecule has 0 N–H and O–H groups in total. The van der Waals surface area contributed by atoms with Crippen LogP contribution in [0.2, 0.25) is 0 Å². The number of rotatable bonds is 2. The van der Waals surface area contributed by atoms with Crippen molar-refractivity contribution in [3.8, 4) is 17.1 Å². The third kappa shape index (κ3) is 1.56. The molecule has 0 aliphatic carbocycles. The van der Waals surface area contributed by atoms with Crippen LogP contribution in [0.1, 0.15) is 0 Å². The Morgan fingerprint density at radius 3 is 2.53 bits per heavy atom. The van der Waals surface area contributed by atoms with Crippen LogP contribution in [-0.2, 0) is 0 Å². The average Bonchev–Trinajstić information content (AvgIpc) is 2.78. The average molecular weight is 224 g/mol. The first-order valence-corrected chi connectivity index (χ1v) is 5.46. The summed E-state index contributed by atoms with van der Waals surface area (Å²) in [6, 6.07) is 16.0. The van der Waals surface area contributed by atoms with Crippen LogP contribution >= 0.6 is 0 Å². The molecule has 0 aliphatic heterocycles. The first-order valence-electron chi connectivity index (χ1n) is 5.46. The van der Waals surface area contributed by atoms with Crippen LogP contribution in [0.5, 0.6) is 5.88 Å². The third-order valence-electron chi connectivity index (χ3n) is 2.73. The topological polar surface area (TPSA) is 26.5 Å². The Morgan fingerprint density at radius 2 is 1.76 bits per heavy atom. The number of aromatic nitrogens is 2. The second-order valence-corrected chi connectivity index (χ2v) is 3.76. The van der Waals surface area contributed by atoms with E-state index < -0.39 is 0 Å². The fourth-order valence-electron chi connectivity index (χ4n) is 1.95. The number of imidazole rings is 1. The van der Waals surface area contributed by atoms with E-state index in [9.17, 15) is 0 Å². The van der Waals surface area contributed by atoms with Gasteiger partial charge in [-0.05, 0) is 12.1 Å². The lowest BCUT2D eigenvalue weighted by atomic mass is 10.2. The third-order valence-corrected chi connectivity index (χ3v) is 2.73. The number of nitrogens with zero attached hydrogens (tertiary/aromatic N) is 2. The second-order valence-electron chi connectivity index (χ2n) is 3.76. The van der Waals surface area contributed by atoms with Crippen molar-refractivity contribution in [3.63, 3.8) is 0 Å². The minimum atomic E-state index is 0.770. The lowest BCUT2D eigenvalue weighted by molar-refractivity contribution is 0.396. The zero-order valence-electron chi connectivity index (χ0n) is 9.50. The van der Waals surface area contributed by atoms with Crippen molar-refractivity contribution in [1.82, 2.24) is 9.38 Å². The van der Waals surface area contributed by atoms with E-state index in [1.54, 1.807) is 7.11 Å². The van der Waals surface area contributed by atoms with Crippen LogP contribution in [-0.4, -0.2) is 16.5 Å². The summed E-state index contributed by atoms with van der Waals surface area (Å²) >= 11 is 0. The van der Waals surface area contributed by atoms with E-state index in [0.717, 1.165) is 22.8 Å². The molecule has 3 rings (SSSR count). The predicted molar refractivity (Wildman–Crippen MR) is 67.2 cm³/mol. The van der Waals surface area contributed by atoms with Gasteiger partial charge in [-0.25, -0.2) is 4.98 Å². The molecule has 3 nitrogen and oxygen atoms in total. The van der Waals surface area contributed by atoms with E-state index in [2.05, 4.69) is 4.98 Å². The maximum Gasteiger partial charge on any atom is 0.226 e. The lowest BCUT2D eigenvalue weighted by Gasteiger charge is -2.02. The van der Waals surface area contributed by atoms with Crippen LogP contribution in [0.4, 0.5) is 0 Å². The first-order chi connectivity index (χ1) is 8.40. The van der Waals surface area contributed by atoms with Crippen molar-refractivity contribution < 1.29 is 4.74 Å². The molecule has 17 heavy (non-hydrogen) atoms. The van der Waals surface area contributed by atoms with Crippen molar-refractivity contribution in [2.45, 2.75) is 0 Å². The minimum Gasteiger partial charge on any atom is -0.480 e. The first kappa shape index (κ1) is 9.90. The molecule has 84 valence electrons. The molecule has 0 amide bonds. The van der Waals surface area contributed by atoms with Gasteiger partial charge in [0.1, 0.15) is 11.3 Å². The molecule has 0 fully saturated rings. The van der Waals surface area contributed by atoms with E-state index in [1.165, 1.54) is 0 Å². The van der Waals surface area contributed by atoms with Gasteiger partial charge in [0.25, 0.3) is 0 Å². The summed E-state index contributed by atoms with van der Waals surface area (Å²) in [7, 11) is 1.67. The Kier molecular flexibility index (Phi) is 2.29. The lowest BCUT2D eigenvalue weighted by Crippen LogP contribution is -1.90. The summed E-state index contributed by atoms with van der Waals surface area (Å²) < 4.78 is 7.40. The van der Waals surface area contributed by atoms with Crippen molar-refractivity contribution >= 4 is 5.65 Å². The Bertz CT molecular complexity index is 644. The second kappa shape index (κ2) is 3.94. The summed E-state index contributed by atoms with van der Waals surface area (Å²) in [6.45, 7) is 0. The number of ether oxygens (including phenoxy) is 1. The number of hydrogen-bond donors (Lipinski definition) is 0. The van der Waals surface area contributed by atoms with Gasteiger partial charge in [0.2, 0.25) is 5.88 Å². The Balaban J connectivity index is 2.30. The van der Waals surface area contributed by atoms with Crippen LogP contribution in [0.15, 0.2) is 54.7 Å². The van der Waals surface area contributed by atoms with Gasteiger partial charge in [0.15, 0.2) is 0 Å². The summed E-state index contributed by atoms with van der Waals surface area (Å²) in [4.78, 5) is 4.59. The van der Waals surface area contributed by atoms with Crippen molar-refractivity contribution in [2.24, 2.45) is 0 Å². The smallest absolute Gasteiger partial charge is 0.226 e. The molecule has 0 aliphatic rings. The Morgan fingerprint density at radius 1 is 1.00 bits per heavy atom. The molecule has 2 aromatic heterocycles. The van der Waals surface area contributed by atoms with Gasteiger partial charge in [-0.2, -0.15) is 0 Å². The molecule has 0 spiro atoms. The summed E-state index contributed by atoms with van der Waals surface area (Å²) in [6.07, 6.45) is 1.95. The molecule has 2 heterocycles. The Labute approximate surface area is 99.3 Å². The Hall–Kier alpha value is -2.29. The quantitative estimate of drug-likeness (QED) is 0.669. The largest absolute Gasteiger partial charge is 0.480 e. The van der Waals surface area contributed by atoms with Crippen LogP contribution in [0, 0.1) is 0 Å². The monoisotopic (exact) mass is 224 g/mol. The molecule has 0 radical (unpaired) electrons. The minimum absolute atomic E-state index is 0.770. The summed E-state index contributed by atoms with van der Waals surface area (Å²) in [5, 5.41) is 0. The van der Waals surface area contributed by atoms with Gasteiger partial charge in [0.05, 0.1) is 7.11 Å². The molecule has 0 unspecified atom stereocenters.